The largest absolute Gasteiger partial charge is 0.393 e. The lowest BCUT2D eigenvalue weighted by Gasteiger charge is -2.29. The minimum Gasteiger partial charge on any atom is -0.393 e. The van der Waals surface area contributed by atoms with Gasteiger partial charge in [-0.05, 0) is 25.7 Å². The van der Waals surface area contributed by atoms with Crippen LogP contribution < -0.4 is 10.6 Å². The van der Waals surface area contributed by atoms with E-state index in [9.17, 15) is 9.90 Å². The molecule has 2 rings (SSSR count). The predicted octanol–water partition coefficient (Wildman–Crippen LogP) is -0.127. The minimum absolute atomic E-state index is 0.140. The number of aliphatic hydroxyl groups excluding tert-OH is 1. The first-order chi connectivity index (χ1) is 7.25. The third-order valence-electron chi connectivity index (χ3n) is 3.50. The number of nitrogens with one attached hydrogen (secondary N) is 2. The van der Waals surface area contributed by atoms with Crippen LogP contribution in [-0.4, -0.2) is 36.8 Å². The zero-order chi connectivity index (χ0) is 10.7. The molecule has 3 N–H and O–H groups in total. The summed E-state index contributed by atoms with van der Waals surface area (Å²) in [4.78, 5) is 11.7. The van der Waals surface area contributed by atoms with Crippen LogP contribution >= 0.6 is 0 Å². The molecule has 1 saturated carbocycles. The van der Waals surface area contributed by atoms with Crippen molar-refractivity contribution in [3.05, 3.63) is 0 Å². The van der Waals surface area contributed by atoms with Crippen molar-refractivity contribution in [1.82, 2.24) is 10.6 Å². The van der Waals surface area contributed by atoms with Crippen LogP contribution in [0.3, 0.4) is 0 Å². The molecule has 1 saturated heterocycles. The molecule has 0 spiro atoms. The number of hydrogen-bond acceptors (Lipinski definition) is 3. The molecule has 86 valence electrons. The van der Waals surface area contributed by atoms with Crippen molar-refractivity contribution in [3.63, 3.8) is 0 Å². The molecule has 0 aromatic rings. The maximum atomic E-state index is 11.7. The third-order valence-corrected chi connectivity index (χ3v) is 3.50. The van der Waals surface area contributed by atoms with Crippen LogP contribution in [0.1, 0.15) is 25.7 Å². The number of amides is 1. The van der Waals surface area contributed by atoms with Gasteiger partial charge in [-0.25, -0.2) is 0 Å². The zero-order valence-corrected chi connectivity index (χ0v) is 9.04. The fraction of sp³-hybridized carbons (Fsp3) is 0.909. The van der Waals surface area contributed by atoms with E-state index in [1.807, 2.05) is 0 Å². The van der Waals surface area contributed by atoms with Gasteiger partial charge >= 0.3 is 0 Å². The van der Waals surface area contributed by atoms with Crippen molar-refractivity contribution in [2.75, 3.05) is 19.6 Å². The van der Waals surface area contributed by atoms with Crippen LogP contribution in [-0.2, 0) is 4.79 Å². The van der Waals surface area contributed by atoms with Crippen LogP contribution in [0, 0.1) is 11.8 Å². The summed E-state index contributed by atoms with van der Waals surface area (Å²) in [6.45, 7) is 2.87. The van der Waals surface area contributed by atoms with Crippen molar-refractivity contribution < 1.29 is 9.90 Å². The first-order valence-corrected chi connectivity index (χ1v) is 5.92. The Labute approximate surface area is 90.4 Å². The monoisotopic (exact) mass is 212 g/mol. The Kier molecular flexibility index (Phi) is 3.59. The van der Waals surface area contributed by atoms with E-state index in [2.05, 4.69) is 10.6 Å². The normalized spacial score (nSPS) is 32.1. The van der Waals surface area contributed by atoms with Gasteiger partial charge in [0, 0.05) is 31.5 Å². The van der Waals surface area contributed by atoms with E-state index in [1.165, 1.54) is 0 Å². The second kappa shape index (κ2) is 4.94. The molecule has 4 heteroatoms. The first kappa shape index (κ1) is 10.9. The predicted molar refractivity (Wildman–Crippen MR) is 57.3 cm³/mol. The third kappa shape index (κ3) is 2.92. The van der Waals surface area contributed by atoms with Gasteiger partial charge in [-0.15, -0.1) is 0 Å². The average Bonchev–Trinajstić information content (AvgIpc) is 2.16. The van der Waals surface area contributed by atoms with E-state index in [-0.39, 0.29) is 17.9 Å². The quantitative estimate of drug-likeness (QED) is 0.611. The van der Waals surface area contributed by atoms with Gasteiger partial charge in [-0.1, -0.05) is 0 Å². The molecule has 4 nitrogen and oxygen atoms in total. The molecular formula is C11H20N2O2. The maximum absolute atomic E-state index is 11.7. The van der Waals surface area contributed by atoms with Gasteiger partial charge in [0.25, 0.3) is 0 Å². The number of hydrogen-bond donors (Lipinski definition) is 3. The second-order valence-electron chi connectivity index (χ2n) is 4.77. The van der Waals surface area contributed by atoms with Crippen LogP contribution in [0.4, 0.5) is 0 Å². The maximum Gasteiger partial charge on any atom is 0.223 e. The molecule has 1 aliphatic heterocycles. The van der Waals surface area contributed by atoms with Crippen LogP contribution in [0.2, 0.25) is 0 Å². The highest BCUT2D eigenvalue weighted by Gasteiger charge is 2.26. The summed E-state index contributed by atoms with van der Waals surface area (Å²) in [7, 11) is 0. The first-order valence-electron chi connectivity index (χ1n) is 5.92. The molecule has 0 aromatic carbocycles. The van der Waals surface area contributed by atoms with Gasteiger partial charge in [-0.3, -0.25) is 4.79 Å². The van der Waals surface area contributed by atoms with Gasteiger partial charge in [-0.2, -0.15) is 0 Å². The lowest BCUT2D eigenvalue weighted by atomic mass is 9.87. The Morgan fingerprint density at radius 1 is 1.27 bits per heavy atom. The average molecular weight is 212 g/mol. The van der Waals surface area contributed by atoms with Gasteiger partial charge < -0.3 is 15.7 Å². The summed E-state index contributed by atoms with van der Waals surface area (Å²) in [6.07, 6.45) is 3.07. The molecule has 0 aromatic heterocycles. The SMILES string of the molecule is O=C(NCC1CNC1)C1CCC(O)CC1. The van der Waals surface area contributed by atoms with E-state index < -0.39 is 0 Å². The lowest BCUT2D eigenvalue weighted by Crippen LogP contribution is -2.49. The Morgan fingerprint density at radius 3 is 2.47 bits per heavy atom. The second-order valence-corrected chi connectivity index (χ2v) is 4.77. The highest BCUT2D eigenvalue weighted by molar-refractivity contribution is 5.78. The van der Waals surface area contributed by atoms with Crippen molar-refractivity contribution in [2.24, 2.45) is 11.8 Å². The van der Waals surface area contributed by atoms with Crippen molar-refractivity contribution in [3.8, 4) is 0 Å². The summed E-state index contributed by atoms with van der Waals surface area (Å²) >= 11 is 0. The highest BCUT2D eigenvalue weighted by Crippen LogP contribution is 2.24. The topological polar surface area (TPSA) is 61.4 Å². The fourth-order valence-corrected chi connectivity index (χ4v) is 2.22. The summed E-state index contributed by atoms with van der Waals surface area (Å²) < 4.78 is 0. The van der Waals surface area contributed by atoms with E-state index in [0.29, 0.717) is 5.92 Å². The van der Waals surface area contributed by atoms with Gasteiger partial charge in [0.05, 0.1) is 6.10 Å². The number of carbonyl (C=O) groups excluding carboxylic acids is 1. The zero-order valence-electron chi connectivity index (χ0n) is 9.04. The molecule has 1 amide bonds. The van der Waals surface area contributed by atoms with Crippen molar-refractivity contribution in [2.45, 2.75) is 31.8 Å². The van der Waals surface area contributed by atoms with Crippen molar-refractivity contribution >= 4 is 5.91 Å². The van der Waals surface area contributed by atoms with Gasteiger partial charge in [0.1, 0.15) is 0 Å². The summed E-state index contributed by atoms with van der Waals surface area (Å²) in [5.74, 6) is 0.957. The summed E-state index contributed by atoms with van der Waals surface area (Å²) in [5, 5.41) is 15.5. The highest BCUT2D eigenvalue weighted by atomic mass is 16.3. The minimum atomic E-state index is -0.176. The fourth-order valence-electron chi connectivity index (χ4n) is 2.22. The Morgan fingerprint density at radius 2 is 1.93 bits per heavy atom. The van der Waals surface area contributed by atoms with E-state index in [4.69, 9.17) is 0 Å². The molecule has 1 heterocycles. The van der Waals surface area contributed by atoms with E-state index in [0.717, 1.165) is 45.3 Å². The number of carbonyl (C=O) groups is 1. The standard InChI is InChI=1S/C11H20N2O2/c14-10-3-1-9(2-4-10)11(15)13-7-8-5-12-6-8/h8-10,12,14H,1-7H2,(H,13,15). The van der Waals surface area contributed by atoms with Gasteiger partial charge in [0.15, 0.2) is 0 Å². The van der Waals surface area contributed by atoms with Crippen molar-refractivity contribution in [1.29, 1.82) is 0 Å². The molecule has 0 atom stereocenters. The molecular weight excluding hydrogens is 192 g/mol. The number of aliphatic hydroxyl groups is 1. The van der Waals surface area contributed by atoms with E-state index in [1.54, 1.807) is 0 Å². The van der Waals surface area contributed by atoms with Gasteiger partial charge in [0.2, 0.25) is 5.91 Å². The Hall–Kier alpha value is -0.610. The molecule has 0 unspecified atom stereocenters. The Balaban J connectivity index is 1.66. The molecule has 0 bridgehead atoms. The molecule has 15 heavy (non-hydrogen) atoms. The number of rotatable bonds is 3. The lowest BCUT2D eigenvalue weighted by molar-refractivity contribution is -0.126. The molecule has 1 aliphatic carbocycles. The summed E-state index contributed by atoms with van der Waals surface area (Å²) in [6, 6.07) is 0. The Bertz CT molecular complexity index is 221. The van der Waals surface area contributed by atoms with Crippen LogP contribution in [0.15, 0.2) is 0 Å². The molecule has 2 fully saturated rings. The summed E-state index contributed by atoms with van der Waals surface area (Å²) in [5.41, 5.74) is 0. The molecule has 0 radical (unpaired) electrons. The van der Waals surface area contributed by atoms with Crippen LogP contribution in [0.5, 0.6) is 0 Å². The van der Waals surface area contributed by atoms with Crippen LogP contribution in [0.25, 0.3) is 0 Å². The smallest absolute Gasteiger partial charge is 0.223 e. The molecule has 2 aliphatic rings. The van der Waals surface area contributed by atoms with E-state index >= 15 is 0 Å².